The van der Waals surface area contributed by atoms with Crippen molar-refractivity contribution >= 4 is 0 Å². The van der Waals surface area contributed by atoms with E-state index in [4.69, 9.17) is 5.26 Å². The highest BCUT2D eigenvalue weighted by molar-refractivity contribution is 5.34. The van der Waals surface area contributed by atoms with Crippen molar-refractivity contribution in [3.05, 3.63) is 35.1 Å². The molecule has 0 saturated heterocycles. The number of hydrogen-bond acceptors (Lipinski definition) is 2. The van der Waals surface area contributed by atoms with Gasteiger partial charge in [-0.05, 0) is 31.3 Å². The van der Waals surface area contributed by atoms with Gasteiger partial charge in [0.1, 0.15) is 11.9 Å². The van der Waals surface area contributed by atoms with Crippen molar-refractivity contribution in [2.75, 3.05) is 13.6 Å². The Bertz CT molecular complexity index is 355. The molecule has 0 bridgehead atoms. The molecule has 0 amide bonds. The van der Waals surface area contributed by atoms with E-state index in [1.165, 1.54) is 6.07 Å². The average molecular weight is 192 g/mol. The molecular formula is C11H13FN2. The molecule has 0 aliphatic heterocycles. The smallest absolute Gasteiger partial charge is 0.140 e. The van der Waals surface area contributed by atoms with Crippen molar-refractivity contribution in [2.24, 2.45) is 0 Å². The molecule has 0 atom stereocenters. The average Bonchev–Trinajstić information content (AvgIpc) is 2.20. The van der Waals surface area contributed by atoms with Gasteiger partial charge in [0.2, 0.25) is 0 Å². The van der Waals surface area contributed by atoms with Gasteiger partial charge in [0.15, 0.2) is 0 Å². The third-order valence-corrected chi connectivity index (χ3v) is 2.14. The largest absolute Gasteiger partial charge is 0.302 e. The maximum atomic E-state index is 13.0. The quantitative estimate of drug-likeness (QED) is 0.733. The summed E-state index contributed by atoms with van der Waals surface area (Å²) in [6.07, 6.45) is 0. The Labute approximate surface area is 83.6 Å². The predicted molar refractivity (Wildman–Crippen MR) is 53.1 cm³/mol. The van der Waals surface area contributed by atoms with Crippen LogP contribution in [-0.4, -0.2) is 18.5 Å². The molecule has 0 spiro atoms. The summed E-state index contributed by atoms with van der Waals surface area (Å²) in [7, 11) is 1.98. The highest BCUT2D eigenvalue weighted by atomic mass is 19.1. The predicted octanol–water partition coefficient (Wildman–Crippen LogP) is 2.15. The summed E-state index contributed by atoms with van der Waals surface area (Å²) in [4.78, 5) is 2.09. The highest BCUT2D eigenvalue weighted by Crippen LogP contribution is 2.10. The summed E-state index contributed by atoms with van der Waals surface area (Å²) in [6, 6.07) is 6.49. The van der Waals surface area contributed by atoms with E-state index >= 15 is 0 Å². The van der Waals surface area contributed by atoms with Gasteiger partial charge in [0.05, 0.1) is 5.56 Å². The second-order valence-corrected chi connectivity index (χ2v) is 3.26. The van der Waals surface area contributed by atoms with E-state index < -0.39 is 5.82 Å². The van der Waals surface area contributed by atoms with Gasteiger partial charge in [0.25, 0.3) is 0 Å². The van der Waals surface area contributed by atoms with Gasteiger partial charge in [-0.2, -0.15) is 5.26 Å². The molecule has 0 aliphatic rings. The summed E-state index contributed by atoms with van der Waals surface area (Å²) < 4.78 is 13.0. The second-order valence-electron chi connectivity index (χ2n) is 3.26. The maximum absolute atomic E-state index is 13.0. The van der Waals surface area contributed by atoms with Crippen LogP contribution in [0.3, 0.4) is 0 Å². The number of nitrogens with zero attached hydrogens (tertiary/aromatic N) is 2. The minimum atomic E-state index is -0.449. The first kappa shape index (κ1) is 10.7. The maximum Gasteiger partial charge on any atom is 0.140 e. The zero-order valence-electron chi connectivity index (χ0n) is 8.42. The molecule has 0 unspecified atom stereocenters. The first-order chi connectivity index (χ1) is 6.67. The minimum Gasteiger partial charge on any atom is -0.302 e. The van der Waals surface area contributed by atoms with Crippen LogP contribution in [0.4, 0.5) is 4.39 Å². The van der Waals surface area contributed by atoms with Crippen LogP contribution in [0.5, 0.6) is 0 Å². The Morgan fingerprint density at radius 3 is 2.79 bits per heavy atom. The molecule has 1 rings (SSSR count). The standard InChI is InChI=1S/C11H13FN2/c1-3-14(2)8-9-4-5-11(12)10(6-9)7-13/h4-6H,3,8H2,1-2H3. The number of halogens is 1. The number of hydrogen-bond donors (Lipinski definition) is 0. The molecule has 0 N–H and O–H groups in total. The molecule has 74 valence electrons. The van der Waals surface area contributed by atoms with E-state index in [9.17, 15) is 4.39 Å². The van der Waals surface area contributed by atoms with Crippen molar-refractivity contribution < 1.29 is 4.39 Å². The van der Waals surface area contributed by atoms with Gasteiger partial charge in [0, 0.05) is 6.54 Å². The Morgan fingerprint density at radius 2 is 2.21 bits per heavy atom. The lowest BCUT2D eigenvalue weighted by atomic mass is 10.1. The monoisotopic (exact) mass is 192 g/mol. The van der Waals surface area contributed by atoms with Gasteiger partial charge in [-0.1, -0.05) is 13.0 Å². The van der Waals surface area contributed by atoms with Crippen LogP contribution in [0.2, 0.25) is 0 Å². The number of rotatable bonds is 3. The Morgan fingerprint density at radius 1 is 1.50 bits per heavy atom. The molecule has 3 heteroatoms. The minimum absolute atomic E-state index is 0.118. The fourth-order valence-corrected chi connectivity index (χ4v) is 1.18. The van der Waals surface area contributed by atoms with Gasteiger partial charge in [-0.3, -0.25) is 0 Å². The fraction of sp³-hybridized carbons (Fsp3) is 0.364. The Hall–Kier alpha value is -1.40. The van der Waals surface area contributed by atoms with E-state index in [0.717, 1.165) is 18.7 Å². The first-order valence-corrected chi connectivity index (χ1v) is 4.54. The van der Waals surface area contributed by atoms with Crippen LogP contribution < -0.4 is 0 Å². The van der Waals surface area contributed by atoms with Crippen molar-refractivity contribution in [2.45, 2.75) is 13.5 Å². The molecule has 0 aromatic heterocycles. The van der Waals surface area contributed by atoms with Gasteiger partial charge < -0.3 is 4.90 Å². The number of nitriles is 1. The van der Waals surface area contributed by atoms with Crippen molar-refractivity contribution in [3.8, 4) is 6.07 Å². The molecule has 0 saturated carbocycles. The molecule has 1 aromatic rings. The summed E-state index contributed by atoms with van der Waals surface area (Å²) in [5.74, 6) is -0.449. The van der Waals surface area contributed by atoms with Crippen molar-refractivity contribution in [1.29, 1.82) is 5.26 Å². The third kappa shape index (κ3) is 2.54. The summed E-state index contributed by atoms with van der Waals surface area (Å²) in [5, 5.41) is 8.63. The van der Waals surface area contributed by atoms with Crippen LogP contribution in [-0.2, 0) is 6.54 Å². The molecule has 2 nitrogen and oxygen atoms in total. The molecule has 14 heavy (non-hydrogen) atoms. The summed E-state index contributed by atoms with van der Waals surface area (Å²) in [5.41, 5.74) is 1.08. The lowest BCUT2D eigenvalue weighted by Crippen LogP contribution is -2.16. The zero-order chi connectivity index (χ0) is 10.6. The van der Waals surface area contributed by atoms with Gasteiger partial charge in [-0.25, -0.2) is 4.39 Å². The molecule has 0 aliphatic carbocycles. The fourth-order valence-electron chi connectivity index (χ4n) is 1.18. The first-order valence-electron chi connectivity index (χ1n) is 4.54. The lowest BCUT2D eigenvalue weighted by molar-refractivity contribution is 0.345. The van der Waals surface area contributed by atoms with Crippen LogP contribution in [0.1, 0.15) is 18.1 Å². The Balaban J connectivity index is 2.86. The summed E-state index contributed by atoms with van der Waals surface area (Å²) in [6.45, 7) is 3.72. The molecule has 1 aromatic carbocycles. The van der Waals surface area contributed by atoms with E-state index in [0.29, 0.717) is 0 Å². The molecule has 0 heterocycles. The van der Waals surface area contributed by atoms with E-state index in [-0.39, 0.29) is 5.56 Å². The van der Waals surface area contributed by atoms with Crippen molar-refractivity contribution in [3.63, 3.8) is 0 Å². The third-order valence-electron chi connectivity index (χ3n) is 2.14. The topological polar surface area (TPSA) is 27.0 Å². The van der Waals surface area contributed by atoms with Crippen LogP contribution in [0, 0.1) is 17.1 Å². The highest BCUT2D eigenvalue weighted by Gasteiger charge is 2.03. The number of benzene rings is 1. The van der Waals surface area contributed by atoms with E-state index in [1.54, 1.807) is 12.1 Å². The second kappa shape index (κ2) is 4.73. The van der Waals surface area contributed by atoms with E-state index in [1.807, 2.05) is 13.1 Å². The van der Waals surface area contributed by atoms with Crippen LogP contribution in [0.15, 0.2) is 18.2 Å². The van der Waals surface area contributed by atoms with Crippen molar-refractivity contribution in [1.82, 2.24) is 4.90 Å². The SMILES string of the molecule is CCN(C)Cc1ccc(F)c(C#N)c1. The van der Waals surface area contributed by atoms with Gasteiger partial charge >= 0.3 is 0 Å². The molecule has 0 fully saturated rings. The lowest BCUT2D eigenvalue weighted by Gasteiger charge is -2.13. The van der Waals surface area contributed by atoms with Gasteiger partial charge in [-0.15, -0.1) is 0 Å². The zero-order valence-corrected chi connectivity index (χ0v) is 8.42. The Kier molecular flexibility index (Phi) is 3.61. The van der Waals surface area contributed by atoms with Crippen LogP contribution >= 0.6 is 0 Å². The molecule has 0 radical (unpaired) electrons. The summed E-state index contributed by atoms with van der Waals surface area (Å²) >= 11 is 0. The van der Waals surface area contributed by atoms with E-state index in [2.05, 4.69) is 11.8 Å². The molecular weight excluding hydrogens is 179 g/mol. The van der Waals surface area contributed by atoms with Crippen LogP contribution in [0.25, 0.3) is 0 Å². The normalized spacial score (nSPS) is 10.2.